The topological polar surface area (TPSA) is 0 Å². The molecule has 2 atom stereocenters. The van der Waals surface area contributed by atoms with E-state index in [4.69, 9.17) is 0 Å². The van der Waals surface area contributed by atoms with E-state index in [1.807, 2.05) is 0 Å². The van der Waals surface area contributed by atoms with Crippen LogP contribution in [0.25, 0.3) is 0 Å². The monoisotopic (exact) mass is 104 g/mol. The summed E-state index contributed by atoms with van der Waals surface area (Å²) in [5.74, 6) is 1.73. The van der Waals surface area contributed by atoms with Crippen LogP contribution in [0.5, 0.6) is 0 Å². The van der Waals surface area contributed by atoms with Gasteiger partial charge in [-0.2, -0.15) is 5.92 Å². The summed E-state index contributed by atoms with van der Waals surface area (Å²) in [5, 5.41) is 0. The van der Waals surface area contributed by atoms with Crippen LogP contribution >= 0.6 is 0 Å². The molecular formula is C7H13Li. The molecule has 0 radical (unpaired) electrons. The zero-order valence-corrected chi connectivity index (χ0v) is 5.98. The predicted octanol–water partition coefficient (Wildman–Crippen LogP) is -0.739. The third-order valence-electron chi connectivity index (χ3n) is 1.80. The van der Waals surface area contributed by atoms with Gasteiger partial charge in [0.25, 0.3) is 0 Å². The molecule has 0 nitrogen and oxygen atoms in total. The van der Waals surface area contributed by atoms with Gasteiger partial charge in [0.15, 0.2) is 0 Å². The molecule has 0 unspecified atom stereocenters. The first kappa shape index (κ1) is 8.60. The summed E-state index contributed by atoms with van der Waals surface area (Å²) in [6, 6.07) is 0. The largest absolute Gasteiger partial charge is 1.00 e. The van der Waals surface area contributed by atoms with E-state index >= 15 is 0 Å². The number of hydrogen-bond donors (Lipinski definition) is 0. The van der Waals surface area contributed by atoms with Gasteiger partial charge in [-0.1, -0.05) is 26.2 Å². The predicted molar refractivity (Wildman–Crippen MR) is 31.9 cm³/mol. The summed E-state index contributed by atoms with van der Waals surface area (Å²) in [5.41, 5.74) is 0. The van der Waals surface area contributed by atoms with Gasteiger partial charge in [0.2, 0.25) is 0 Å². The van der Waals surface area contributed by atoms with Gasteiger partial charge < -0.3 is 6.92 Å². The molecule has 0 bridgehead atoms. The van der Waals surface area contributed by atoms with Crippen LogP contribution in [0.2, 0.25) is 0 Å². The van der Waals surface area contributed by atoms with Gasteiger partial charge in [0, 0.05) is 0 Å². The number of rotatable bonds is 0. The molecule has 1 rings (SSSR count). The standard InChI is InChI=1S/C7H13.Li/c1-6-3-4-7(2)5-6;/h6-7H,1,3-5H2,2H3;/q-1;+1/t6-,7+;/m0./s1. The molecule has 0 aromatic rings. The van der Waals surface area contributed by atoms with Crippen LogP contribution in [0.1, 0.15) is 26.2 Å². The normalized spacial score (nSPS) is 36.8. The molecule has 1 aliphatic rings. The van der Waals surface area contributed by atoms with Crippen LogP contribution in [0.3, 0.4) is 0 Å². The second-order valence-electron chi connectivity index (χ2n) is 2.78. The average molecular weight is 104 g/mol. The Bertz CT molecular complexity index is 53.4. The zero-order chi connectivity index (χ0) is 5.28. The Morgan fingerprint density at radius 1 is 1.38 bits per heavy atom. The van der Waals surface area contributed by atoms with Crippen molar-refractivity contribution in [2.24, 2.45) is 11.8 Å². The van der Waals surface area contributed by atoms with Gasteiger partial charge in [0.1, 0.15) is 0 Å². The fraction of sp³-hybridized carbons (Fsp3) is 0.857. The molecule has 1 saturated carbocycles. The third-order valence-corrected chi connectivity index (χ3v) is 1.80. The Labute approximate surface area is 64.2 Å². The van der Waals surface area contributed by atoms with Crippen LogP contribution < -0.4 is 18.9 Å². The molecule has 0 aromatic heterocycles. The Morgan fingerprint density at radius 2 is 2.00 bits per heavy atom. The maximum atomic E-state index is 3.99. The van der Waals surface area contributed by atoms with E-state index in [9.17, 15) is 0 Å². The molecule has 42 valence electrons. The van der Waals surface area contributed by atoms with Crippen molar-refractivity contribution < 1.29 is 18.9 Å². The van der Waals surface area contributed by atoms with E-state index in [1.54, 1.807) is 0 Å². The van der Waals surface area contributed by atoms with E-state index < -0.39 is 0 Å². The van der Waals surface area contributed by atoms with E-state index in [2.05, 4.69) is 13.8 Å². The molecule has 0 amide bonds. The van der Waals surface area contributed by atoms with Crippen molar-refractivity contribution in [3.63, 3.8) is 0 Å². The van der Waals surface area contributed by atoms with Crippen LogP contribution in [0.4, 0.5) is 0 Å². The van der Waals surface area contributed by atoms with Crippen molar-refractivity contribution in [2.45, 2.75) is 26.2 Å². The first-order chi connectivity index (χ1) is 3.29. The number of hydrogen-bond acceptors (Lipinski definition) is 0. The third kappa shape index (κ3) is 2.24. The summed E-state index contributed by atoms with van der Waals surface area (Å²) in [7, 11) is 0. The summed E-state index contributed by atoms with van der Waals surface area (Å²) >= 11 is 0. The van der Waals surface area contributed by atoms with Crippen LogP contribution in [0, 0.1) is 18.8 Å². The van der Waals surface area contributed by atoms with Crippen LogP contribution in [-0.4, -0.2) is 0 Å². The van der Waals surface area contributed by atoms with Crippen LogP contribution in [0.15, 0.2) is 0 Å². The minimum atomic E-state index is 0. The minimum Gasteiger partial charge on any atom is -0.340 e. The maximum Gasteiger partial charge on any atom is 1.00 e. The Hall–Kier alpha value is 0.597. The second kappa shape index (κ2) is 3.59. The van der Waals surface area contributed by atoms with Crippen molar-refractivity contribution in [1.82, 2.24) is 0 Å². The minimum absolute atomic E-state index is 0. The fourth-order valence-corrected chi connectivity index (χ4v) is 1.32. The molecule has 0 saturated heterocycles. The first-order valence-electron chi connectivity index (χ1n) is 3.12. The molecule has 1 fully saturated rings. The smallest absolute Gasteiger partial charge is 0.340 e. The molecule has 0 aliphatic heterocycles. The average Bonchev–Trinajstić information content (AvgIpc) is 1.87. The molecule has 1 heteroatoms. The van der Waals surface area contributed by atoms with Gasteiger partial charge in [-0.15, -0.1) is 0 Å². The van der Waals surface area contributed by atoms with Gasteiger partial charge in [-0.3, -0.25) is 0 Å². The summed E-state index contributed by atoms with van der Waals surface area (Å²) in [4.78, 5) is 0. The van der Waals surface area contributed by atoms with Crippen molar-refractivity contribution in [2.75, 3.05) is 0 Å². The van der Waals surface area contributed by atoms with E-state index in [0.29, 0.717) is 0 Å². The summed E-state index contributed by atoms with van der Waals surface area (Å²) < 4.78 is 0. The molecule has 0 heterocycles. The quantitative estimate of drug-likeness (QED) is 0.280. The van der Waals surface area contributed by atoms with Crippen molar-refractivity contribution in [3.8, 4) is 0 Å². The molecule has 1 aliphatic carbocycles. The molecule has 0 aromatic carbocycles. The summed E-state index contributed by atoms with van der Waals surface area (Å²) in [6.07, 6.45) is 4.13. The molecule has 0 spiro atoms. The van der Waals surface area contributed by atoms with E-state index in [0.717, 1.165) is 11.8 Å². The second-order valence-corrected chi connectivity index (χ2v) is 2.78. The maximum absolute atomic E-state index is 3.99. The first-order valence-corrected chi connectivity index (χ1v) is 3.12. The van der Waals surface area contributed by atoms with E-state index in [1.165, 1.54) is 19.3 Å². The fourth-order valence-electron chi connectivity index (χ4n) is 1.32. The van der Waals surface area contributed by atoms with Gasteiger partial charge in [0.05, 0.1) is 0 Å². The van der Waals surface area contributed by atoms with Crippen LogP contribution in [-0.2, 0) is 0 Å². The van der Waals surface area contributed by atoms with E-state index in [-0.39, 0.29) is 18.9 Å². The molecule has 8 heavy (non-hydrogen) atoms. The van der Waals surface area contributed by atoms with Crippen molar-refractivity contribution >= 4 is 0 Å². The van der Waals surface area contributed by atoms with Crippen molar-refractivity contribution in [3.05, 3.63) is 6.92 Å². The van der Waals surface area contributed by atoms with Crippen molar-refractivity contribution in [1.29, 1.82) is 0 Å². The van der Waals surface area contributed by atoms with Gasteiger partial charge in [-0.05, 0) is 5.92 Å². The Kier molecular flexibility index (Phi) is 3.86. The SMILES string of the molecule is [CH2-][C@H]1CC[C@@H](C)C1.[Li+]. The Balaban J connectivity index is 0.000000490. The van der Waals surface area contributed by atoms with Gasteiger partial charge in [-0.25, -0.2) is 0 Å². The summed E-state index contributed by atoms with van der Waals surface area (Å²) in [6.45, 7) is 6.30. The zero-order valence-electron chi connectivity index (χ0n) is 5.98. The van der Waals surface area contributed by atoms with Gasteiger partial charge >= 0.3 is 18.9 Å². The molecule has 0 N–H and O–H groups in total. The molecular weight excluding hydrogens is 91.0 g/mol. The Morgan fingerprint density at radius 3 is 2.12 bits per heavy atom.